The summed E-state index contributed by atoms with van der Waals surface area (Å²) in [6, 6.07) is 0. The zero-order valence-electron chi connectivity index (χ0n) is 9.52. The number of aliphatic hydroxyl groups excluding tert-OH is 1. The maximum atomic E-state index is 11.0. The van der Waals surface area contributed by atoms with Crippen molar-refractivity contribution in [2.45, 2.75) is 39.2 Å². The number of carbonyl (C=O) groups excluding carboxylic acids is 1. The van der Waals surface area contributed by atoms with Crippen LogP contribution in [0.15, 0.2) is 0 Å². The number of nitrogens with two attached hydrogens (primary N) is 1. The molecule has 90 valence electrons. The largest absolute Gasteiger partial charge is 0.396 e. The van der Waals surface area contributed by atoms with E-state index >= 15 is 0 Å². The summed E-state index contributed by atoms with van der Waals surface area (Å²) in [5.74, 6) is -0.529. The first kappa shape index (κ1) is 12.6. The Labute approximate surface area is 94.4 Å². The average molecular weight is 226 g/mol. The van der Waals surface area contributed by atoms with Gasteiger partial charge in [-0.25, -0.2) is 4.68 Å². The van der Waals surface area contributed by atoms with Crippen LogP contribution in [0.25, 0.3) is 0 Å². The van der Waals surface area contributed by atoms with Gasteiger partial charge in [-0.05, 0) is 25.7 Å². The van der Waals surface area contributed by atoms with Gasteiger partial charge in [-0.3, -0.25) is 4.79 Å². The van der Waals surface area contributed by atoms with Crippen molar-refractivity contribution in [2.24, 2.45) is 5.73 Å². The summed E-state index contributed by atoms with van der Waals surface area (Å²) in [4.78, 5) is 11.0. The molecule has 0 aliphatic carbocycles. The fourth-order valence-electron chi connectivity index (χ4n) is 1.60. The molecule has 0 aliphatic rings. The summed E-state index contributed by atoms with van der Waals surface area (Å²) in [7, 11) is 0. The quantitative estimate of drug-likeness (QED) is 0.645. The highest BCUT2D eigenvalue weighted by atomic mass is 16.2. The van der Waals surface area contributed by atoms with Crippen molar-refractivity contribution in [3.8, 4) is 0 Å². The van der Waals surface area contributed by atoms with Crippen LogP contribution in [0.2, 0.25) is 0 Å². The van der Waals surface area contributed by atoms with Crippen LogP contribution in [0.3, 0.4) is 0 Å². The Kier molecular flexibility index (Phi) is 4.91. The molecule has 1 aromatic rings. The summed E-state index contributed by atoms with van der Waals surface area (Å²) >= 11 is 0. The van der Waals surface area contributed by atoms with Gasteiger partial charge in [0, 0.05) is 13.2 Å². The van der Waals surface area contributed by atoms with Crippen LogP contribution >= 0.6 is 0 Å². The number of rotatable bonds is 7. The third-order valence-corrected chi connectivity index (χ3v) is 2.43. The number of nitrogens with zero attached hydrogens (tertiary/aromatic N) is 3. The Hall–Kier alpha value is -1.43. The SMILES string of the molecule is CCc1c(C(N)=O)nnn1CCCCCO. The highest BCUT2D eigenvalue weighted by Crippen LogP contribution is 2.07. The minimum Gasteiger partial charge on any atom is -0.396 e. The molecule has 1 amide bonds. The summed E-state index contributed by atoms with van der Waals surface area (Å²) in [5, 5.41) is 16.3. The molecule has 0 fully saturated rings. The second kappa shape index (κ2) is 6.22. The molecule has 0 atom stereocenters. The highest BCUT2D eigenvalue weighted by Gasteiger charge is 2.14. The van der Waals surface area contributed by atoms with Gasteiger partial charge in [0.25, 0.3) is 5.91 Å². The van der Waals surface area contributed by atoms with Crippen LogP contribution in [-0.4, -0.2) is 32.6 Å². The topological polar surface area (TPSA) is 94.0 Å². The standard InChI is InChI=1S/C10H18N4O2/c1-2-8-9(10(11)16)12-13-14(8)6-4-3-5-7-15/h15H,2-7H2,1H3,(H2,11,16). The Morgan fingerprint density at radius 1 is 1.44 bits per heavy atom. The van der Waals surface area contributed by atoms with Gasteiger partial charge in [-0.1, -0.05) is 12.1 Å². The van der Waals surface area contributed by atoms with Gasteiger partial charge < -0.3 is 10.8 Å². The van der Waals surface area contributed by atoms with E-state index in [9.17, 15) is 4.79 Å². The van der Waals surface area contributed by atoms with E-state index in [0.717, 1.165) is 25.0 Å². The molecule has 6 nitrogen and oxygen atoms in total. The Morgan fingerprint density at radius 2 is 2.19 bits per heavy atom. The van der Waals surface area contributed by atoms with Crippen LogP contribution in [0.1, 0.15) is 42.4 Å². The molecule has 1 heterocycles. The van der Waals surface area contributed by atoms with Crippen molar-refractivity contribution in [3.05, 3.63) is 11.4 Å². The van der Waals surface area contributed by atoms with Gasteiger partial charge in [0.2, 0.25) is 0 Å². The van der Waals surface area contributed by atoms with Crippen molar-refractivity contribution < 1.29 is 9.90 Å². The second-order valence-electron chi connectivity index (χ2n) is 3.61. The van der Waals surface area contributed by atoms with Crippen molar-refractivity contribution in [3.63, 3.8) is 0 Å². The number of aromatic nitrogens is 3. The minimum absolute atomic E-state index is 0.213. The van der Waals surface area contributed by atoms with E-state index in [0.29, 0.717) is 13.0 Å². The number of amides is 1. The average Bonchev–Trinajstić information content (AvgIpc) is 2.67. The summed E-state index contributed by atoms with van der Waals surface area (Å²) in [6.07, 6.45) is 3.32. The maximum Gasteiger partial charge on any atom is 0.271 e. The summed E-state index contributed by atoms with van der Waals surface area (Å²) in [5.41, 5.74) is 6.25. The lowest BCUT2D eigenvalue weighted by molar-refractivity contribution is 0.0994. The number of unbranched alkanes of at least 4 members (excludes halogenated alkanes) is 2. The number of aryl methyl sites for hydroxylation is 1. The number of primary amides is 1. The normalized spacial score (nSPS) is 10.6. The van der Waals surface area contributed by atoms with Crippen LogP contribution in [0.5, 0.6) is 0 Å². The van der Waals surface area contributed by atoms with Gasteiger partial charge in [0.15, 0.2) is 5.69 Å². The molecule has 0 unspecified atom stereocenters. The third kappa shape index (κ3) is 3.03. The van der Waals surface area contributed by atoms with Crippen molar-refractivity contribution in [2.75, 3.05) is 6.61 Å². The van der Waals surface area contributed by atoms with Crippen LogP contribution in [0, 0.1) is 0 Å². The van der Waals surface area contributed by atoms with E-state index in [2.05, 4.69) is 10.3 Å². The van der Waals surface area contributed by atoms with Gasteiger partial charge in [-0.2, -0.15) is 0 Å². The number of carbonyl (C=O) groups is 1. The van der Waals surface area contributed by atoms with Gasteiger partial charge in [0.1, 0.15) is 0 Å². The molecule has 3 N–H and O–H groups in total. The van der Waals surface area contributed by atoms with E-state index < -0.39 is 5.91 Å². The molecular formula is C10H18N4O2. The van der Waals surface area contributed by atoms with E-state index in [4.69, 9.17) is 10.8 Å². The zero-order valence-corrected chi connectivity index (χ0v) is 9.52. The predicted molar refractivity (Wildman–Crippen MR) is 58.9 cm³/mol. The highest BCUT2D eigenvalue weighted by molar-refractivity contribution is 5.91. The molecule has 0 aromatic carbocycles. The predicted octanol–water partition coefficient (Wildman–Crippen LogP) is 0.102. The van der Waals surface area contributed by atoms with Crippen molar-refractivity contribution in [1.29, 1.82) is 0 Å². The molecule has 6 heteroatoms. The van der Waals surface area contributed by atoms with E-state index in [1.54, 1.807) is 4.68 Å². The first-order valence-electron chi connectivity index (χ1n) is 5.53. The number of hydrogen-bond acceptors (Lipinski definition) is 4. The molecule has 16 heavy (non-hydrogen) atoms. The van der Waals surface area contributed by atoms with Gasteiger partial charge in [-0.15, -0.1) is 5.10 Å². The molecule has 0 spiro atoms. The molecule has 0 bridgehead atoms. The second-order valence-corrected chi connectivity index (χ2v) is 3.61. The van der Waals surface area contributed by atoms with E-state index in [-0.39, 0.29) is 12.3 Å². The number of hydrogen-bond donors (Lipinski definition) is 2. The first-order valence-corrected chi connectivity index (χ1v) is 5.53. The zero-order chi connectivity index (χ0) is 12.0. The Morgan fingerprint density at radius 3 is 2.75 bits per heavy atom. The lowest BCUT2D eigenvalue weighted by atomic mass is 10.2. The van der Waals surface area contributed by atoms with Crippen LogP contribution in [0.4, 0.5) is 0 Å². The Balaban J connectivity index is 2.62. The fourth-order valence-corrected chi connectivity index (χ4v) is 1.60. The summed E-state index contributed by atoms with van der Waals surface area (Å²) < 4.78 is 1.72. The molecule has 0 aliphatic heterocycles. The Bertz CT molecular complexity index is 349. The molecule has 0 radical (unpaired) electrons. The molecule has 0 saturated heterocycles. The number of aliphatic hydroxyl groups is 1. The minimum atomic E-state index is -0.529. The van der Waals surface area contributed by atoms with E-state index in [1.807, 2.05) is 6.92 Å². The van der Waals surface area contributed by atoms with E-state index in [1.165, 1.54) is 0 Å². The maximum absolute atomic E-state index is 11.0. The molecule has 0 saturated carbocycles. The van der Waals surface area contributed by atoms with Gasteiger partial charge in [0.05, 0.1) is 5.69 Å². The molecule has 1 rings (SSSR count). The van der Waals surface area contributed by atoms with Crippen LogP contribution in [-0.2, 0) is 13.0 Å². The van der Waals surface area contributed by atoms with Crippen molar-refractivity contribution >= 4 is 5.91 Å². The third-order valence-electron chi connectivity index (χ3n) is 2.43. The lowest BCUT2D eigenvalue weighted by Gasteiger charge is -2.04. The van der Waals surface area contributed by atoms with Crippen LogP contribution < -0.4 is 5.73 Å². The fraction of sp³-hybridized carbons (Fsp3) is 0.700. The smallest absolute Gasteiger partial charge is 0.271 e. The monoisotopic (exact) mass is 226 g/mol. The van der Waals surface area contributed by atoms with Crippen molar-refractivity contribution in [1.82, 2.24) is 15.0 Å². The first-order chi connectivity index (χ1) is 7.70. The summed E-state index contributed by atoms with van der Waals surface area (Å²) in [6.45, 7) is 2.86. The molecular weight excluding hydrogens is 208 g/mol. The lowest BCUT2D eigenvalue weighted by Crippen LogP contribution is -2.15. The van der Waals surface area contributed by atoms with Gasteiger partial charge >= 0.3 is 0 Å². The molecule has 1 aromatic heterocycles.